The zero-order chi connectivity index (χ0) is 55.7. The molecular formula is C60H96N8O8. The zero-order valence-electron chi connectivity index (χ0n) is 46.8. The van der Waals surface area contributed by atoms with Crippen LogP contribution in [-0.4, -0.2) is 109 Å². The van der Waals surface area contributed by atoms with Crippen molar-refractivity contribution in [1.29, 1.82) is 0 Å². The van der Waals surface area contributed by atoms with E-state index < -0.39 is 0 Å². The SMILES string of the molecule is CCCCCCOc1cccc(CCNCC(N)=O)c1.CCCCCOc1cccc(CCNCC(N)=O)c1.CCCCOc1cccc(CCNCC(=O)NC)c1.CCCCOc1cccc(CCNCC(N)=O)c1. The van der Waals surface area contributed by atoms with Crippen LogP contribution in [0.5, 0.6) is 23.0 Å². The lowest BCUT2D eigenvalue weighted by atomic mass is 10.1. The van der Waals surface area contributed by atoms with E-state index in [1.165, 1.54) is 54.4 Å². The summed E-state index contributed by atoms with van der Waals surface area (Å²) in [6.07, 6.45) is 16.3. The van der Waals surface area contributed by atoms with Crippen molar-refractivity contribution in [2.45, 2.75) is 124 Å². The van der Waals surface area contributed by atoms with E-state index in [0.717, 1.165) is 140 Å². The molecular weight excluding hydrogens is 961 g/mol. The van der Waals surface area contributed by atoms with Crippen molar-refractivity contribution < 1.29 is 38.1 Å². The number of benzene rings is 4. The second-order valence-corrected chi connectivity index (χ2v) is 18.2. The van der Waals surface area contributed by atoms with Crippen molar-refractivity contribution >= 4 is 23.6 Å². The van der Waals surface area contributed by atoms with Crippen LogP contribution >= 0.6 is 0 Å². The number of primary amides is 3. The number of ether oxygens (including phenoxy) is 4. The van der Waals surface area contributed by atoms with E-state index in [1.54, 1.807) is 7.05 Å². The molecule has 16 heteroatoms. The summed E-state index contributed by atoms with van der Waals surface area (Å²) >= 11 is 0. The van der Waals surface area contributed by atoms with E-state index in [0.29, 0.717) is 6.54 Å². The molecule has 0 aromatic heterocycles. The van der Waals surface area contributed by atoms with E-state index >= 15 is 0 Å². The Morgan fingerprint density at radius 2 is 0.658 bits per heavy atom. The molecule has 0 aliphatic rings. The fourth-order valence-corrected chi connectivity index (χ4v) is 6.95. The maximum absolute atomic E-state index is 11.0. The molecule has 0 heterocycles. The van der Waals surface area contributed by atoms with Crippen LogP contribution in [0.25, 0.3) is 0 Å². The first kappa shape index (κ1) is 67.8. The third-order valence-corrected chi connectivity index (χ3v) is 11.2. The Balaban J connectivity index is 0.000000507. The van der Waals surface area contributed by atoms with Crippen molar-refractivity contribution in [3.63, 3.8) is 0 Å². The van der Waals surface area contributed by atoms with Crippen LogP contribution in [0.15, 0.2) is 97.1 Å². The van der Waals surface area contributed by atoms with E-state index in [1.807, 2.05) is 54.6 Å². The van der Waals surface area contributed by atoms with E-state index in [9.17, 15) is 19.2 Å². The molecule has 0 unspecified atom stereocenters. The third kappa shape index (κ3) is 40.2. The molecule has 0 atom stereocenters. The summed E-state index contributed by atoms with van der Waals surface area (Å²) in [5, 5.41) is 14.7. The Hall–Kier alpha value is -6.20. The van der Waals surface area contributed by atoms with E-state index in [2.05, 4.69) is 96.7 Å². The molecule has 0 spiro atoms. The number of hydrogen-bond donors (Lipinski definition) is 8. The lowest BCUT2D eigenvalue weighted by molar-refractivity contribution is -0.120. The highest BCUT2D eigenvalue weighted by molar-refractivity contribution is 5.77. The van der Waals surface area contributed by atoms with Crippen molar-refractivity contribution in [2.24, 2.45) is 17.2 Å². The number of nitrogens with two attached hydrogens (primary N) is 3. The number of rotatable bonds is 39. The van der Waals surface area contributed by atoms with Gasteiger partial charge in [-0.3, -0.25) is 19.2 Å². The van der Waals surface area contributed by atoms with Gasteiger partial charge in [0.15, 0.2) is 0 Å². The van der Waals surface area contributed by atoms with Gasteiger partial charge in [0.2, 0.25) is 23.6 Å². The highest BCUT2D eigenvalue weighted by atomic mass is 16.5. The lowest BCUT2D eigenvalue weighted by Crippen LogP contribution is -2.32. The van der Waals surface area contributed by atoms with Crippen molar-refractivity contribution in [3.8, 4) is 23.0 Å². The van der Waals surface area contributed by atoms with Crippen LogP contribution in [0.4, 0.5) is 0 Å². The van der Waals surface area contributed by atoms with Crippen molar-refractivity contribution in [1.82, 2.24) is 26.6 Å². The Morgan fingerprint density at radius 1 is 0.382 bits per heavy atom. The summed E-state index contributed by atoms with van der Waals surface area (Å²) in [5.74, 6) is 2.72. The van der Waals surface area contributed by atoms with Gasteiger partial charge in [0, 0.05) is 7.05 Å². The summed E-state index contributed by atoms with van der Waals surface area (Å²) in [4.78, 5) is 42.8. The average molecular weight is 1060 g/mol. The van der Waals surface area contributed by atoms with Gasteiger partial charge in [-0.2, -0.15) is 0 Å². The van der Waals surface area contributed by atoms with Gasteiger partial charge in [0.1, 0.15) is 23.0 Å². The highest BCUT2D eigenvalue weighted by Crippen LogP contribution is 2.17. The lowest BCUT2D eigenvalue weighted by Gasteiger charge is -2.08. The number of nitrogens with one attached hydrogen (secondary N) is 5. The minimum Gasteiger partial charge on any atom is -0.494 e. The number of carbonyl (C=O) groups is 4. The van der Waals surface area contributed by atoms with Gasteiger partial charge in [-0.15, -0.1) is 0 Å². The minimum atomic E-state index is -0.327. The Morgan fingerprint density at radius 3 is 0.947 bits per heavy atom. The molecule has 76 heavy (non-hydrogen) atoms. The van der Waals surface area contributed by atoms with Crippen LogP contribution < -0.4 is 62.7 Å². The third-order valence-electron chi connectivity index (χ3n) is 11.2. The summed E-state index contributed by atoms with van der Waals surface area (Å²) in [6.45, 7) is 15.8. The number of likely N-dealkylation sites (N-methyl/N-ethyl adjacent to an activating group) is 1. The van der Waals surface area contributed by atoms with Crippen LogP contribution in [-0.2, 0) is 44.9 Å². The number of amides is 4. The molecule has 4 aromatic carbocycles. The predicted octanol–water partition coefficient (Wildman–Crippen LogP) is 7.36. The highest BCUT2D eigenvalue weighted by Gasteiger charge is 2.03. The first-order valence-corrected chi connectivity index (χ1v) is 27.7. The van der Waals surface area contributed by atoms with E-state index in [4.69, 9.17) is 36.1 Å². The first-order chi connectivity index (χ1) is 36.9. The van der Waals surface area contributed by atoms with Gasteiger partial charge in [-0.1, -0.05) is 121 Å². The standard InChI is InChI=1S/C16H26N2O2.2C15H24N2O2.C14H22N2O2/c1-2-3-4-5-11-20-15-8-6-7-14(12-15)9-10-18-13-16(17)19;1-3-4-10-19-14-7-5-6-13(11-14)8-9-17-12-15(18)16-2;1-2-3-4-10-19-14-7-5-6-13(11-14)8-9-17-12-15(16)18;1-2-3-9-18-13-6-4-5-12(10-13)7-8-16-11-14(15)17/h6-8,12,18H,2-5,9-11,13H2,1H3,(H2,17,19);5-7,11,17H,3-4,8-10,12H2,1-2H3,(H,16,18);5-7,11,17H,2-4,8-10,12H2,1H3,(H2,16,18);4-6,10,16H,2-3,7-9,11H2,1H3,(H2,15,17). The maximum atomic E-state index is 11.0. The summed E-state index contributed by atoms with van der Waals surface area (Å²) in [7, 11) is 1.64. The second-order valence-electron chi connectivity index (χ2n) is 18.2. The summed E-state index contributed by atoms with van der Waals surface area (Å²) in [6, 6.07) is 32.4. The van der Waals surface area contributed by atoms with Gasteiger partial charge in [-0.05, 0) is 148 Å². The normalized spacial score (nSPS) is 10.3. The number of hydrogen-bond acceptors (Lipinski definition) is 12. The van der Waals surface area contributed by atoms with E-state index in [-0.39, 0.29) is 43.3 Å². The molecule has 16 nitrogen and oxygen atoms in total. The zero-order valence-corrected chi connectivity index (χ0v) is 46.8. The average Bonchev–Trinajstić information content (AvgIpc) is 3.41. The molecule has 4 rings (SSSR count). The van der Waals surface area contributed by atoms with Crippen LogP contribution in [0.3, 0.4) is 0 Å². The molecule has 4 aromatic rings. The second kappa shape index (κ2) is 47.3. The Labute approximate surface area is 456 Å². The van der Waals surface area contributed by atoms with Crippen LogP contribution in [0.2, 0.25) is 0 Å². The van der Waals surface area contributed by atoms with Gasteiger partial charge < -0.3 is 62.7 Å². The molecule has 0 aliphatic carbocycles. The number of carbonyl (C=O) groups excluding carboxylic acids is 4. The molecule has 424 valence electrons. The number of unbranched alkanes of at least 4 members (excludes halogenated alkanes) is 7. The minimum absolute atomic E-state index is 0.0108. The summed E-state index contributed by atoms with van der Waals surface area (Å²) < 4.78 is 22.7. The fraction of sp³-hybridized carbons (Fsp3) is 0.533. The topological polar surface area (TPSA) is 243 Å². The van der Waals surface area contributed by atoms with Gasteiger partial charge in [-0.25, -0.2) is 0 Å². The monoisotopic (exact) mass is 1060 g/mol. The quantitative estimate of drug-likeness (QED) is 0.0205. The Bertz CT molecular complexity index is 2110. The first-order valence-electron chi connectivity index (χ1n) is 27.7. The molecule has 0 radical (unpaired) electrons. The largest absolute Gasteiger partial charge is 0.494 e. The molecule has 0 bridgehead atoms. The summed E-state index contributed by atoms with van der Waals surface area (Å²) in [5.41, 5.74) is 20.0. The van der Waals surface area contributed by atoms with Crippen molar-refractivity contribution in [2.75, 3.05) is 85.8 Å². The smallest absolute Gasteiger partial charge is 0.233 e. The molecule has 0 aliphatic heterocycles. The van der Waals surface area contributed by atoms with Crippen LogP contribution in [0.1, 0.15) is 121 Å². The van der Waals surface area contributed by atoms with Gasteiger partial charge in [0.25, 0.3) is 0 Å². The molecule has 0 fully saturated rings. The fourth-order valence-electron chi connectivity index (χ4n) is 6.95. The maximum Gasteiger partial charge on any atom is 0.233 e. The van der Waals surface area contributed by atoms with Gasteiger partial charge in [0.05, 0.1) is 52.6 Å². The Kier molecular flexibility index (Phi) is 42.2. The molecule has 0 saturated carbocycles. The van der Waals surface area contributed by atoms with Crippen LogP contribution in [0, 0.1) is 0 Å². The van der Waals surface area contributed by atoms with Crippen molar-refractivity contribution in [3.05, 3.63) is 119 Å². The molecule has 4 amide bonds. The molecule has 11 N–H and O–H groups in total. The molecule has 0 saturated heterocycles. The van der Waals surface area contributed by atoms with Gasteiger partial charge >= 0.3 is 0 Å². The predicted molar refractivity (Wildman–Crippen MR) is 309 cm³/mol.